The van der Waals surface area contributed by atoms with E-state index in [1.807, 2.05) is 30.3 Å². The lowest BCUT2D eigenvalue weighted by Gasteiger charge is -2.36. The second kappa shape index (κ2) is 9.62. The molecule has 3 aromatic rings. The van der Waals surface area contributed by atoms with Crippen molar-refractivity contribution in [1.82, 2.24) is 4.90 Å². The summed E-state index contributed by atoms with van der Waals surface area (Å²) in [6.45, 7) is 4.92. The molecule has 1 fully saturated rings. The van der Waals surface area contributed by atoms with Crippen molar-refractivity contribution in [3.05, 3.63) is 89.7 Å². The van der Waals surface area contributed by atoms with Gasteiger partial charge in [0.1, 0.15) is 0 Å². The number of halogens is 1. The number of methoxy groups -OCH3 is 1. The number of benzene rings is 3. The highest BCUT2D eigenvalue weighted by Crippen LogP contribution is 2.22. The number of carbonyl (C=O) groups excluding carboxylic acids is 1. The number of hydrogen-bond acceptors (Lipinski definition) is 4. The molecule has 0 aliphatic carbocycles. The molecule has 31 heavy (non-hydrogen) atoms. The average Bonchev–Trinajstić information content (AvgIpc) is 2.81. The molecule has 6 heteroatoms. The first-order chi connectivity index (χ1) is 15.1. The van der Waals surface area contributed by atoms with Gasteiger partial charge >= 0.3 is 0 Å². The Hall–Kier alpha value is -3.38. The number of nitrogens with one attached hydrogen (secondary N) is 1. The van der Waals surface area contributed by atoms with Gasteiger partial charge in [0.05, 0.1) is 7.11 Å². The fourth-order valence-corrected chi connectivity index (χ4v) is 3.77. The van der Waals surface area contributed by atoms with Gasteiger partial charge in [-0.3, -0.25) is 9.69 Å². The van der Waals surface area contributed by atoms with E-state index in [1.54, 1.807) is 6.07 Å². The number of carbonyl (C=O) groups is 1. The average molecular weight is 420 g/mol. The summed E-state index contributed by atoms with van der Waals surface area (Å²) in [4.78, 5) is 17.2. The number of hydrogen-bond donors (Lipinski definition) is 1. The van der Waals surface area contributed by atoms with Crippen LogP contribution in [0.25, 0.3) is 0 Å². The number of amides is 1. The second-order valence-corrected chi connectivity index (χ2v) is 7.60. The van der Waals surface area contributed by atoms with E-state index in [4.69, 9.17) is 4.74 Å². The molecule has 0 radical (unpaired) electrons. The van der Waals surface area contributed by atoms with Gasteiger partial charge in [0, 0.05) is 49.7 Å². The van der Waals surface area contributed by atoms with Crippen LogP contribution in [0, 0.1) is 5.82 Å². The van der Waals surface area contributed by atoms with Gasteiger partial charge in [-0.2, -0.15) is 0 Å². The third-order valence-corrected chi connectivity index (χ3v) is 5.53. The number of piperazine rings is 1. The largest absolute Gasteiger partial charge is 0.494 e. The molecule has 1 aliphatic rings. The third-order valence-electron chi connectivity index (χ3n) is 5.53. The van der Waals surface area contributed by atoms with Crippen LogP contribution in [0.5, 0.6) is 5.75 Å². The Labute approximate surface area is 182 Å². The maximum absolute atomic E-state index is 13.8. The summed E-state index contributed by atoms with van der Waals surface area (Å²) < 4.78 is 18.7. The van der Waals surface area contributed by atoms with Crippen LogP contribution in [-0.4, -0.2) is 44.1 Å². The van der Waals surface area contributed by atoms with E-state index in [9.17, 15) is 9.18 Å². The van der Waals surface area contributed by atoms with Gasteiger partial charge in [0.2, 0.25) is 0 Å². The zero-order chi connectivity index (χ0) is 21.6. The zero-order valence-corrected chi connectivity index (χ0v) is 17.6. The summed E-state index contributed by atoms with van der Waals surface area (Å²) in [5, 5.41) is 2.81. The van der Waals surface area contributed by atoms with Crippen LogP contribution in [0.15, 0.2) is 72.8 Å². The van der Waals surface area contributed by atoms with Gasteiger partial charge in [-0.15, -0.1) is 0 Å². The van der Waals surface area contributed by atoms with E-state index in [1.165, 1.54) is 24.8 Å². The summed E-state index contributed by atoms with van der Waals surface area (Å²) in [6.07, 6.45) is 0. The lowest BCUT2D eigenvalue weighted by atomic mass is 10.1. The Kier molecular flexibility index (Phi) is 6.48. The molecule has 0 aromatic heterocycles. The maximum atomic E-state index is 13.8. The topological polar surface area (TPSA) is 44.8 Å². The van der Waals surface area contributed by atoms with Crippen LogP contribution in [0.1, 0.15) is 15.9 Å². The lowest BCUT2D eigenvalue weighted by molar-refractivity contribution is 0.102. The standard InChI is InChI=1S/C25H26FN3O2/c1-31-24-12-7-20(17-23(24)26)25(30)27-21-8-10-22(11-9-21)29-15-13-28(14-16-29)18-19-5-3-2-4-6-19/h2-12,17H,13-16,18H2,1H3,(H,27,30). The molecule has 4 rings (SSSR count). The van der Waals surface area contributed by atoms with Crippen LogP contribution in [0.4, 0.5) is 15.8 Å². The molecule has 1 heterocycles. The van der Waals surface area contributed by atoms with Crippen LogP contribution in [-0.2, 0) is 6.54 Å². The van der Waals surface area contributed by atoms with Crippen molar-refractivity contribution < 1.29 is 13.9 Å². The molecular formula is C25H26FN3O2. The minimum atomic E-state index is -0.558. The molecule has 0 saturated carbocycles. The predicted octanol–water partition coefficient (Wildman–Crippen LogP) is 4.41. The summed E-state index contributed by atoms with van der Waals surface area (Å²) >= 11 is 0. The number of nitrogens with zero attached hydrogens (tertiary/aromatic N) is 2. The smallest absolute Gasteiger partial charge is 0.255 e. The highest BCUT2D eigenvalue weighted by molar-refractivity contribution is 6.04. The first kappa shape index (κ1) is 20.9. The second-order valence-electron chi connectivity index (χ2n) is 7.60. The fourth-order valence-electron chi connectivity index (χ4n) is 3.77. The monoisotopic (exact) mass is 419 g/mol. The van der Waals surface area contributed by atoms with E-state index in [2.05, 4.69) is 39.4 Å². The van der Waals surface area contributed by atoms with Crippen molar-refractivity contribution in [3.63, 3.8) is 0 Å². The van der Waals surface area contributed by atoms with Crippen LogP contribution in [0.3, 0.4) is 0 Å². The Morgan fingerprint density at radius 1 is 0.968 bits per heavy atom. The molecule has 1 aliphatic heterocycles. The fraction of sp³-hybridized carbons (Fsp3) is 0.240. The number of anilines is 2. The van der Waals surface area contributed by atoms with Gasteiger partial charge in [-0.25, -0.2) is 4.39 Å². The van der Waals surface area contributed by atoms with Crippen LogP contribution >= 0.6 is 0 Å². The summed E-state index contributed by atoms with van der Waals surface area (Å²) in [5.74, 6) is -0.800. The highest BCUT2D eigenvalue weighted by Gasteiger charge is 2.17. The maximum Gasteiger partial charge on any atom is 0.255 e. The van der Waals surface area contributed by atoms with Gasteiger partial charge in [0.25, 0.3) is 5.91 Å². The quantitative estimate of drug-likeness (QED) is 0.643. The molecule has 0 spiro atoms. The summed E-state index contributed by atoms with van der Waals surface area (Å²) in [6, 6.07) is 22.5. The van der Waals surface area contributed by atoms with Crippen molar-refractivity contribution >= 4 is 17.3 Å². The molecule has 0 atom stereocenters. The zero-order valence-electron chi connectivity index (χ0n) is 17.6. The van der Waals surface area contributed by atoms with Gasteiger partial charge < -0.3 is 15.0 Å². The summed E-state index contributed by atoms with van der Waals surface area (Å²) in [5.41, 5.74) is 3.39. The van der Waals surface area contributed by atoms with E-state index >= 15 is 0 Å². The lowest BCUT2D eigenvalue weighted by Crippen LogP contribution is -2.45. The molecule has 160 valence electrons. The number of rotatable bonds is 6. The Morgan fingerprint density at radius 2 is 1.68 bits per heavy atom. The van der Waals surface area contributed by atoms with E-state index in [0.29, 0.717) is 5.69 Å². The van der Waals surface area contributed by atoms with Crippen LogP contribution < -0.4 is 15.0 Å². The Morgan fingerprint density at radius 3 is 2.32 bits per heavy atom. The highest BCUT2D eigenvalue weighted by atomic mass is 19.1. The van der Waals surface area contributed by atoms with Gasteiger partial charge in [-0.05, 0) is 48.0 Å². The molecule has 1 amide bonds. The minimum absolute atomic E-state index is 0.116. The SMILES string of the molecule is COc1ccc(C(=O)Nc2ccc(N3CCN(Cc4ccccc4)CC3)cc2)cc1F. The van der Waals surface area contributed by atoms with Crippen molar-refractivity contribution in [2.75, 3.05) is 43.5 Å². The number of ether oxygens (including phenoxy) is 1. The van der Waals surface area contributed by atoms with E-state index in [-0.39, 0.29) is 17.2 Å². The third kappa shape index (κ3) is 5.22. The van der Waals surface area contributed by atoms with Crippen molar-refractivity contribution in [3.8, 4) is 5.75 Å². The first-order valence-electron chi connectivity index (χ1n) is 10.4. The van der Waals surface area contributed by atoms with E-state index in [0.717, 1.165) is 38.4 Å². The Balaban J connectivity index is 1.31. The molecule has 5 nitrogen and oxygen atoms in total. The van der Waals surface area contributed by atoms with Gasteiger partial charge in [0.15, 0.2) is 11.6 Å². The minimum Gasteiger partial charge on any atom is -0.494 e. The van der Waals surface area contributed by atoms with Crippen molar-refractivity contribution in [1.29, 1.82) is 0 Å². The normalized spacial score (nSPS) is 14.3. The molecular weight excluding hydrogens is 393 g/mol. The Bertz CT molecular complexity index is 1020. The van der Waals surface area contributed by atoms with Crippen molar-refractivity contribution in [2.24, 2.45) is 0 Å². The van der Waals surface area contributed by atoms with Crippen molar-refractivity contribution in [2.45, 2.75) is 6.54 Å². The molecule has 3 aromatic carbocycles. The molecule has 0 unspecified atom stereocenters. The van der Waals surface area contributed by atoms with E-state index < -0.39 is 5.82 Å². The molecule has 0 bridgehead atoms. The first-order valence-corrected chi connectivity index (χ1v) is 10.4. The van der Waals surface area contributed by atoms with Crippen LogP contribution in [0.2, 0.25) is 0 Å². The molecule has 1 N–H and O–H groups in total. The predicted molar refractivity (Wildman–Crippen MR) is 121 cm³/mol. The molecule has 1 saturated heterocycles. The summed E-state index contributed by atoms with van der Waals surface area (Å²) in [7, 11) is 1.39. The van der Waals surface area contributed by atoms with Gasteiger partial charge in [-0.1, -0.05) is 30.3 Å².